The third kappa shape index (κ3) is 3.79. The second-order valence-corrected chi connectivity index (χ2v) is 7.06. The lowest BCUT2D eigenvalue weighted by atomic mass is 9.89. The minimum Gasteiger partial charge on any atom is -0.500 e. The molecule has 8 nitrogen and oxygen atoms in total. The Morgan fingerprint density at radius 2 is 1.97 bits per heavy atom. The summed E-state index contributed by atoms with van der Waals surface area (Å²) in [6.07, 6.45) is 7.01. The molecule has 158 valence electrons. The summed E-state index contributed by atoms with van der Waals surface area (Å²) in [5.41, 5.74) is 2.03. The molecule has 2 aliphatic rings. The SMILES string of the molecule is COC1=CC=C(OC)C2C=C(CCNC(=O)C(=O)c3c[nH]c4ccccc34)C(=O)N=C12. The van der Waals surface area contributed by atoms with Gasteiger partial charge in [0.2, 0.25) is 0 Å². The fraction of sp³-hybridized carbons (Fsp3) is 0.217. The van der Waals surface area contributed by atoms with Gasteiger partial charge in [-0.1, -0.05) is 24.3 Å². The van der Waals surface area contributed by atoms with Crippen LogP contribution >= 0.6 is 0 Å². The number of fused-ring (bicyclic) bond motifs is 2. The largest absolute Gasteiger partial charge is 0.500 e. The fourth-order valence-corrected chi connectivity index (χ4v) is 3.70. The third-order valence-electron chi connectivity index (χ3n) is 5.29. The number of para-hydroxylation sites is 1. The average molecular weight is 419 g/mol. The Kier molecular flexibility index (Phi) is 5.53. The summed E-state index contributed by atoms with van der Waals surface area (Å²) < 4.78 is 10.7. The molecule has 2 heterocycles. The quantitative estimate of drug-likeness (QED) is 0.529. The van der Waals surface area contributed by atoms with Crippen molar-refractivity contribution in [3.05, 3.63) is 71.3 Å². The van der Waals surface area contributed by atoms with Crippen LogP contribution in [0.25, 0.3) is 10.9 Å². The van der Waals surface area contributed by atoms with Gasteiger partial charge in [-0.05, 0) is 24.6 Å². The van der Waals surface area contributed by atoms with Crippen LogP contribution in [0.1, 0.15) is 16.8 Å². The molecule has 2 amide bonds. The van der Waals surface area contributed by atoms with Gasteiger partial charge in [-0.3, -0.25) is 14.4 Å². The van der Waals surface area contributed by atoms with Gasteiger partial charge in [0.05, 0.1) is 25.7 Å². The molecule has 1 aliphatic carbocycles. The molecule has 1 aliphatic heterocycles. The van der Waals surface area contributed by atoms with Crippen molar-refractivity contribution in [2.45, 2.75) is 6.42 Å². The molecule has 1 aromatic carbocycles. The lowest BCUT2D eigenvalue weighted by Gasteiger charge is -2.26. The van der Waals surface area contributed by atoms with E-state index in [1.165, 1.54) is 13.3 Å². The molecule has 2 aromatic rings. The number of aliphatic imine (C=N–C) groups is 1. The number of benzene rings is 1. The Hall–Kier alpha value is -3.94. The van der Waals surface area contributed by atoms with Crippen molar-refractivity contribution >= 4 is 34.2 Å². The van der Waals surface area contributed by atoms with E-state index >= 15 is 0 Å². The zero-order chi connectivity index (χ0) is 22.0. The second-order valence-electron chi connectivity index (χ2n) is 7.06. The van der Waals surface area contributed by atoms with Crippen LogP contribution in [0, 0.1) is 5.92 Å². The van der Waals surface area contributed by atoms with Gasteiger partial charge >= 0.3 is 0 Å². The number of carbonyl (C=O) groups excluding carboxylic acids is 3. The van der Waals surface area contributed by atoms with Crippen LogP contribution in [0.4, 0.5) is 0 Å². The van der Waals surface area contributed by atoms with Crippen LogP contribution in [0.3, 0.4) is 0 Å². The summed E-state index contributed by atoms with van der Waals surface area (Å²) in [5.74, 6) is -0.939. The van der Waals surface area contributed by atoms with Gasteiger partial charge in [0, 0.05) is 29.2 Å². The normalized spacial score (nSPS) is 17.7. The maximum atomic E-state index is 12.5. The molecule has 31 heavy (non-hydrogen) atoms. The maximum Gasteiger partial charge on any atom is 0.292 e. The van der Waals surface area contributed by atoms with Gasteiger partial charge in [0.25, 0.3) is 17.6 Å². The number of aromatic amines is 1. The minimum absolute atomic E-state index is 0.126. The lowest BCUT2D eigenvalue weighted by Crippen LogP contribution is -2.33. The van der Waals surface area contributed by atoms with Gasteiger partial charge in [-0.15, -0.1) is 0 Å². The molecule has 0 spiro atoms. The number of methoxy groups -OCH3 is 2. The van der Waals surface area contributed by atoms with E-state index < -0.39 is 17.6 Å². The summed E-state index contributed by atoms with van der Waals surface area (Å²) >= 11 is 0. The summed E-state index contributed by atoms with van der Waals surface area (Å²) in [6, 6.07) is 7.26. The monoisotopic (exact) mass is 419 g/mol. The molecule has 1 aromatic heterocycles. The molecule has 1 unspecified atom stereocenters. The molecule has 0 radical (unpaired) electrons. The Morgan fingerprint density at radius 1 is 1.16 bits per heavy atom. The van der Waals surface area contributed by atoms with E-state index in [1.54, 1.807) is 37.5 Å². The highest BCUT2D eigenvalue weighted by atomic mass is 16.5. The molecule has 0 saturated carbocycles. The van der Waals surface area contributed by atoms with Crippen molar-refractivity contribution in [1.29, 1.82) is 0 Å². The number of rotatable bonds is 7. The predicted molar refractivity (Wildman–Crippen MR) is 114 cm³/mol. The first-order valence-corrected chi connectivity index (χ1v) is 9.76. The van der Waals surface area contributed by atoms with Crippen molar-refractivity contribution in [2.24, 2.45) is 10.9 Å². The summed E-state index contributed by atoms with van der Waals surface area (Å²) in [4.78, 5) is 44.5. The van der Waals surface area contributed by atoms with Gasteiger partial charge in [0.1, 0.15) is 17.2 Å². The van der Waals surface area contributed by atoms with Crippen LogP contribution in [0.5, 0.6) is 0 Å². The Labute approximate surface area is 178 Å². The first kappa shape index (κ1) is 20.3. The first-order valence-electron chi connectivity index (χ1n) is 9.76. The number of allylic oxidation sites excluding steroid dienone is 4. The number of hydrogen-bond acceptors (Lipinski definition) is 5. The van der Waals surface area contributed by atoms with Crippen LogP contribution in [-0.2, 0) is 19.1 Å². The minimum atomic E-state index is -0.724. The molecular weight excluding hydrogens is 398 g/mol. The number of carbonyl (C=O) groups is 3. The van der Waals surface area contributed by atoms with Gasteiger partial charge in [0.15, 0.2) is 0 Å². The van der Waals surface area contributed by atoms with E-state index in [4.69, 9.17) is 9.47 Å². The zero-order valence-electron chi connectivity index (χ0n) is 17.1. The van der Waals surface area contributed by atoms with E-state index in [9.17, 15) is 14.4 Å². The molecule has 4 rings (SSSR count). The fourth-order valence-electron chi connectivity index (χ4n) is 3.70. The van der Waals surface area contributed by atoms with Gasteiger partial charge in [-0.2, -0.15) is 0 Å². The predicted octanol–water partition coefficient (Wildman–Crippen LogP) is 2.45. The van der Waals surface area contributed by atoms with Crippen LogP contribution in [0.15, 0.2) is 70.8 Å². The molecular formula is C23H21N3O5. The highest BCUT2D eigenvalue weighted by Gasteiger charge is 2.32. The number of ether oxygens (including phenoxy) is 2. The Balaban J connectivity index is 1.42. The summed E-state index contributed by atoms with van der Waals surface area (Å²) in [7, 11) is 3.07. The second kappa shape index (κ2) is 8.43. The van der Waals surface area contributed by atoms with E-state index in [0.717, 1.165) is 5.52 Å². The topological polar surface area (TPSA) is 110 Å². The molecule has 1 atom stereocenters. The van der Waals surface area contributed by atoms with Crippen molar-refractivity contribution in [2.75, 3.05) is 20.8 Å². The lowest BCUT2D eigenvalue weighted by molar-refractivity contribution is -0.117. The van der Waals surface area contributed by atoms with E-state index in [0.29, 0.717) is 33.8 Å². The van der Waals surface area contributed by atoms with E-state index in [-0.39, 0.29) is 18.9 Å². The number of dihydropyridines is 1. The smallest absolute Gasteiger partial charge is 0.292 e. The standard InChI is InChI=1S/C23H21N3O5/c1-30-18-7-8-19(31-2)20-15(18)11-13(22(28)26-20)9-10-24-23(29)21(27)16-12-25-17-6-4-3-5-14(16)17/h3-8,11-12,15,25H,9-10H2,1-2H3,(H,24,29). The first-order chi connectivity index (χ1) is 15.0. The molecule has 8 heteroatoms. The van der Waals surface area contributed by atoms with Crippen molar-refractivity contribution in [3.8, 4) is 0 Å². The van der Waals surface area contributed by atoms with E-state index in [2.05, 4.69) is 15.3 Å². The third-order valence-corrected chi connectivity index (χ3v) is 5.29. The van der Waals surface area contributed by atoms with Crippen LogP contribution < -0.4 is 5.32 Å². The Bertz CT molecular complexity index is 1200. The van der Waals surface area contributed by atoms with E-state index in [1.807, 2.05) is 12.1 Å². The number of H-pyrrole nitrogens is 1. The summed E-state index contributed by atoms with van der Waals surface area (Å²) in [5, 5.41) is 3.28. The number of ketones is 1. The number of nitrogens with zero attached hydrogens (tertiary/aromatic N) is 1. The molecule has 0 bridgehead atoms. The number of aromatic nitrogens is 1. The number of amides is 2. The number of nitrogens with one attached hydrogen (secondary N) is 2. The highest BCUT2D eigenvalue weighted by Crippen LogP contribution is 2.30. The molecule has 0 fully saturated rings. The highest BCUT2D eigenvalue weighted by molar-refractivity contribution is 6.44. The van der Waals surface area contributed by atoms with Gasteiger partial charge < -0.3 is 19.8 Å². The van der Waals surface area contributed by atoms with Crippen LogP contribution in [0.2, 0.25) is 0 Å². The van der Waals surface area contributed by atoms with Gasteiger partial charge in [-0.25, -0.2) is 4.99 Å². The average Bonchev–Trinajstić information content (AvgIpc) is 3.22. The van der Waals surface area contributed by atoms with Crippen molar-refractivity contribution < 1.29 is 23.9 Å². The summed E-state index contributed by atoms with van der Waals surface area (Å²) in [6.45, 7) is 0.126. The molecule has 2 N–H and O–H groups in total. The Morgan fingerprint density at radius 3 is 2.74 bits per heavy atom. The van der Waals surface area contributed by atoms with Crippen molar-refractivity contribution in [3.63, 3.8) is 0 Å². The number of Topliss-reactive ketones (excluding diaryl/α,β-unsaturated/α-hetero) is 1. The van der Waals surface area contributed by atoms with Crippen molar-refractivity contribution in [1.82, 2.24) is 10.3 Å². The maximum absolute atomic E-state index is 12.5. The van der Waals surface area contributed by atoms with Crippen LogP contribution in [-0.4, -0.2) is 49.1 Å². The zero-order valence-corrected chi connectivity index (χ0v) is 17.1. The molecule has 0 saturated heterocycles. The number of hydrogen-bond donors (Lipinski definition) is 2.